The van der Waals surface area contributed by atoms with E-state index in [9.17, 15) is 9.59 Å². The highest BCUT2D eigenvalue weighted by molar-refractivity contribution is 7.19. The van der Waals surface area contributed by atoms with E-state index in [0.717, 1.165) is 10.4 Å². The number of nitrogens with zero attached hydrogens (tertiary/aromatic N) is 3. The number of carbonyl (C=O) groups is 1. The van der Waals surface area contributed by atoms with Gasteiger partial charge in [-0.2, -0.15) is 5.10 Å². The van der Waals surface area contributed by atoms with Crippen molar-refractivity contribution in [1.29, 1.82) is 0 Å². The molecular formula is C23H19ClN4O2S. The van der Waals surface area contributed by atoms with Gasteiger partial charge in [-0.1, -0.05) is 59.3 Å². The molecule has 0 saturated carbocycles. The first-order valence-electron chi connectivity index (χ1n) is 9.66. The lowest BCUT2D eigenvalue weighted by atomic mass is 10.1. The maximum Gasteiger partial charge on any atom is 0.267 e. The second-order valence-electron chi connectivity index (χ2n) is 7.12. The molecule has 4 rings (SSSR count). The van der Waals surface area contributed by atoms with Crippen LogP contribution in [0.1, 0.15) is 30.2 Å². The molecule has 156 valence electrons. The summed E-state index contributed by atoms with van der Waals surface area (Å²) in [6.45, 7) is 3.80. The predicted molar refractivity (Wildman–Crippen MR) is 125 cm³/mol. The smallest absolute Gasteiger partial charge is 0.267 e. The molecular weight excluding hydrogens is 432 g/mol. The van der Waals surface area contributed by atoms with Crippen LogP contribution in [0.15, 0.2) is 71.5 Å². The summed E-state index contributed by atoms with van der Waals surface area (Å²) in [5, 5.41) is 8.30. The molecule has 0 aliphatic carbocycles. The number of rotatable bonds is 5. The van der Waals surface area contributed by atoms with Crippen molar-refractivity contribution in [2.24, 2.45) is 0 Å². The fraction of sp³-hybridized carbons (Fsp3) is 0.130. The van der Waals surface area contributed by atoms with E-state index in [0.29, 0.717) is 27.1 Å². The Morgan fingerprint density at radius 3 is 2.55 bits per heavy atom. The lowest BCUT2D eigenvalue weighted by Gasteiger charge is -2.09. The number of hydrogen-bond donors (Lipinski definition) is 1. The van der Waals surface area contributed by atoms with Gasteiger partial charge in [0, 0.05) is 22.2 Å². The highest BCUT2D eigenvalue weighted by atomic mass is 35.5. The fourth-order valence-electron chi connectivity index (χ4n) is 3.05. The zero-order valence-electron chi connectivity index (χ0n) is 16.9. The van der Waals surface area contributed by atoms with Crippen molar-refractivity contribution in [3.63, 3.8) is 0 Å². The van der Waals surface area contributed by atoms with Gasteiger partial charge in [-0.05, 0) is 38.1 Å². The predicted octanol–water partition coefficient (Wildman–Crippen LogP) is 5.52. The molecule has 0 aliphatic rings. The van der Waals surface area contributed by atoms with Gasteiger partial charge >= 0.3 is 0 Å². The molecule has 0 spiro atoms. The van der Waals surface area contributed by atoms with Crippen LogP contribution in [0, 0.1) is 0 Å². The van der Waals surface area contributed by atoms with Gasteiger partial charge in [0.15, 0.2) is 5.13 Å². The Kier molecular flexibility index (Phi) is 5.97. The molecule has 2 heterocycles. The summed E-state index contributed by atoms with van der Waals surface area (Å²) in [6, 6.07) is 19.5. The molecule has 0 fully saturated rings. The highest BCUT2D eigenvalue weighted by Gasteiger charge is 2.19. The lowest BCUT2D eigenvalue weighted by molar-refractivity contribution is 0.102. The Morgan fingerprint density at radius 1 is 1.06 bits per heavy atom. The average molecular weight is 451 g/mol. The molecule has 0 atom stereocenters. The maximum absolute atomic E-state index is 12.7. The molecule has 1 amide bonds. The summed E-state index contributed by atoms with van der Waals surface area (Å²) in [4.78, 5) is 30.3. The van der Waals surface area contributed by atoms with E-state index in [1.54, 1.807) is 30.3 Å². The SMILES string of the molecule is CC(C)n1nc(-c2sc(NC(=O)c3cccc(Cl)c3)nc2-c2ccccc2)ccc1=O. The summed E-state index contributed by atoms with van der Waals surface area (Å²) in [6.07, 6.45) is 0. The van der Waals surface area contributed by atoms with Gasteiger partial charge in [-0.3, -0.25) is 14.9 Å². The van der Waals surface area contributed by atoms with Crippen LogP contribution in [-0.4, -0.2) is 20.7 Å². The largest absolute Gasteiger partial charge is 0.298 e. The first-order chi connectivity index (χ1) is 14.9. The monoisotopic (exact) mass is 450 g/mol. The summed E-state index contributed by atoms with van der Waals surface area (Å²) in [5.74, 6) is -0.303. The van der Waals surface area contributed by atoms with Gasteiger partial charge < -0.3 is 0 Å². The minimum atomic E-state index is -0.303. The van der Waals surface area contributed by atoms with Crippen molar-refractivity contribution in [1.82, 2.24) is 14.8 Å². The van der Waals surface area contributed by atoms with Gasteiger partial charge in [0.25, 0.3) is 11.5 Å². The van der Waals surface area contributed by atoms with Gasteiger partial charge in [0.2, 0.25) is 0 Å². The summed E-state index contributed by atoms with van der Waals surface area (Å²) >= 11 is 7.31. The Labute approximate surface area is 188 Å². The van der Waals surface area contributed by atoms with Crippen molar-refractivity contribution in [2.75, 3.05) is 5.32 Å². The Hall–Kier alpha value is -3.29. The van der Waals surface area contributed by atoms with Crippen LogP contribution in [0.5, 0.6) is 0 Å². The third-order valence-electron chi connectivity index (χ3n) is 4.53. The number of thiazole rings is 1. The minimum Gasteiger partial charge on any atom is -0.298 e. The molecule has 4 aromatic rings. The minimum absolute atomic E-state index is 0.0810. The second-order valence-corrected chi connectivity index (χ2v) is 8.56. The molecule has 0 radical (unpaired) electrons. The van der Waals surface area contributed by atoms with Crippen LogP contribution in [0.4, 0.5) is 5.13 Å². The van der Waals surface area contributed by atoms with Crippen molar-refractivity contribution in [3.8, 4) is 21.8 Å². The van der Waals surface area contributed by atoms with Crippen LogP contribution >= 0.6 is 22.9 Å². The molecule has 1 N–H and O–H groups in total. The van der Waals surface area contributed by atoms with E-state index in [-0.39, 0.29) is 17.5 Å². The molecule has 6 nitrogen and oxygen atoms in total. The average Bonchev–Trinajstić information content (AvgIpc) is 3.18. The number of anilines is 1. The number of benzene rings is 2. The maximum atomic E-state index is 12.7. The van der Waals surface area contributed by atoms with E-state index < -0.39 is 0 Å². The first-order valence-corrected chi connectivity index (χ1v) is 10.9. The van der Waals surface area contributed by atoms with Crippen molar-refractivity contribution < 1.29 is 4.79 Å². The molecule has 8 heteroatoms. The van der Waals surface area contributed by atoms with Gasteiger partial charge in [0.05, 0.1) is 16.6 Å². The third-order valence-corrected chi connectivity index (χ3v) is 5.76. The molecule has 0 bridgehead atoms. The highest BCUT2D eigenvalue weighted by Crippen LogP contribution is 2.38. The van der Waals surface area contributed by atoms with Crippen LogP contribution in [0.3, 0.4) is 0 Å². The zero-order valence-corrected chi connectivity index (χ0v) is 18.4. The number of carbonyl (C=O) groups excluding carboxylic acids is 1. The van der Waals surface area contributed by atoms with E-state index in [1.165, 1.54) is 22.1 Å². The van der Waals surface area contributed by atoms with Crippen LogP contribution in [-0.2, 0) is 0 Å². The Balaban J connectivity index is 1.78. The number of nitrogens with one attached hydrogen (secondary N) is 1. The number of aromatic nitrogens is 3. The molecule has 0 aliphatic heterocycles. The summed E-state index contributed by atoms with van der Waals surface area (Å²) < 4.78 is 1.44. The van der Waals surface area contributed by atoms with E-state index in [1.807, 2.05) is 44.2 Å². The number of hydrogen-bond acceptors (Lipinski definition) is 5. The second kappa shape index (κ2) is 8.83. The van der Waals surface area contributed by atoms with Crippen LogP contribution in [0.2, 0.25) is 5.02 Å². The topological polar surface area (TPSA) is 76.9 Å². The number of halogens is 1. The molecule has 2 aromatic heterocycles. The molecule has 2 aromatic carbocycles. The van der Waals surface area contributed by atoms with Gasteiger partial charge in [-0.15, -0.1) is 0 Å². The van der Waals surface area contributed by atoms with Crippen molar-refractivity contribution >= 4 is 34.0 Å². The molecule has 31 heavy (non-hydrogen) atoms. The lowest BCUT2D eigenvalue weighted by Crippen LogP contribution is -2.23. The van der Waals surface area contributed by atoms with Gasteiger partial charge in [-0.25, -0.2) is 9.67 Å². The molecule has 0 unspecified atom stereocenters. The normalized spacial score (nSPS) is 11.0. The van der Waals surface area contributed by atoms with Crippen molar-refractivity contribution in [3.05, 3.63) is 87.7 Å². The quantitative estimate of drug-likeness (QED) is 0.434. The van der Waals surface area contributed by atoms with Gasteiger partial charge in [0.1, 0.15) is 5.69 Å². The number of amides is 1. The fourth-order valence-corrected chi connectivity index (χ4v) is 4.19. The van der Waals surface area contributed by atoms with Crippen LogP contribution in [0.25, 0.3) is 21.8 Å². The van der Waals surface area contributed by atoms with Crippen molar-refractivity contribution in [2.45, 2.75) is 19.9 Å². The zero-order chi connectivity index (χ0) is 22.0. The summed E-state index contributed by atoms with van der Waals surface area (Å²) in [7, 11) is 0. The van der Waals surface area contributed by atoms with E-state index in [4.69, 9.17) is 11.6 Å². The first kappa shape index (κ1) is 21.0. The summed E-state index contributed by atoms with van der Waals surface area (Å²) in [5.41, 5.74) is 2.47. The standard InChI is InChI=1S/C23H19ClN4O2S/c1-14(2)28-19(29)12-11-18(27-28)21-20(15-7-4-3-5-8-15)25-23(31-21)26-22(30)16-9-6-10-17(24)13-16/h3-14H,1-2H3,(H,25,26,30). The Bertz CT molecular complexity index is 1300. The third kappa shape index (κ3) is 4.57. The van der Waals surface area contributed by atoms with E-state index >= 15 is 0 Å². The Morgan fingerprint density at radius 2 is 1.84 bits per heavy atom. The molecule has 0 saturated heterocycles. The van der Waals surface area contributed by atoms with E-state index in [2.05, 4.69) is 15.4 Å². The van der Waals surface area contributed by atoms with Crippen LogP contribution < -0.4 is 10.9 Å².